The molecule has 3 rings (SSSR count). The second-order valence-corrected chi connectivity index (χ2v) is 6.51. The molecule has 0 radical (unpaired) electrons. The predicted octanol–water partition coefficient (Wildman–Crippen LogP) is 1.52. The fourth-order valence-corrected chi connectivity index (χ4v) is 3.33. The van der Waals surface area contributed by atoms with Crippen molar-refractivity contribution in [3.63, 3.8) is 0 Å². The summed E-state index contributed by atoms with van der Waals surface area (Å²) in [6.45, 7) is 2.90. The zero-order valence-corrected chi connectivity index (χ0v) is 16.8. The molecule has 1 aliphatic heterocycles. The summed E-state index contributed by atoms with van der Waals surface area (Å²) in [5.74, 6) is 0.430. The largest absolute Gasteiger partial charge is 0.545 e. The number of methoxy groups -OCH3 is 3. The molecule has 0 aromatic heterocycles. The van der Waals surface area contributed by atoms with Crippen molar-refractivity contribution in [2.45, 2.75) is 6.54 Å². The van der Waals surface area contributed by atoms with Gasteiger partial charge >= 0.3 is 0 Å². The van der Waals surface area contributed by atoms with E-state index < -0.39 is 5.97 Å². The minimum Gasteiger partial charge on any atom is -0.545 e. The fraction of sp³-hybridized carbons (Fsp3) is 0.381. The summed E-state index contributed by atoms with van der Waals surface area (Å²) in [7, 11) is 4.67. The Bertz CT molecular complexity index is 839. The molecule has 0 aliphatic carbocycles. The number of ether oxygens (including phenoxy) is 4. The van der Waals surface area contributed by atoms with Gasteiger partial charge in [-0.3, -0.25) is 0 Å². The van der Waals surface area contributed by atoms with Crippen molar-refractivity contribution in [1.82, 2.24) is 0 Å². The Morgan fingerprint density at radius 1 is 1.07 bits per heavy atom. The van der Waals surface area contributed by atoms with E-state index in [-0.39, 0.29) is 5.56 Å². The number of hydrogen-bond donors (Lipinski definition) is 1. The van der Waals surface area contributed by atoms with E-state index in [0.717, 1.165) is 5.56 Å². The summed E-state index contributed by atoms with van der Waals surface area (Å²) < 4.78 is 21.4. The van der Waals surface area contributed by atoms with Gasteiger partial charge in [0.05, 0.1) is 40.5 Å². The number of carboxylic acids is 1. The van der Waals surface area contributed by atoms with Gasteiger partial charge < -0.3 is 39.1 Å². The lowest BCUT2D eigenvalue weighted by Gasteiger charge is -2.31. The molecule has 156 valence electrons. The van der Waals surface area contributed by atoms with Crippen molar-refractivity contribution >= 4 is 17.3 Å². The van der Waals surface area contributed by atoms with Crippen LogP contribution in [0.4, 0.5) is 11.4 Å². The van der Waals surface area contributed by atoms with E-state index >= 15 is 0 Å². The summed E-state index contributed by atoms with van der Waals surface area (Å²) in [5.41, 5.74) is 2.37. The van der Waals surface area contributed by atoms with E-state index in [1.54, 1.807) is 33.5 Å². The summed E-state index contributed by atoms with van der Waals surface area (Å²) in [6, 6.07) is 8.94. The number of morpholine rings is 1. The Morgan fingerprint density at radius 3 is 2.28 bits per heavy atom. The number of benzene rings is 2. The van der Waals surface area contributed by atoms with Crippen molar-refractivity contribution in [1.29, 1.82) is 0 Å². The number of carboxylic acid groups (broad SMARTS) is 1. The van der Waals surface area contributed by atoms with Crippen LogP contribution in [0.5, 0.6) is 17.2 Å². The summed E-state index contributed by atoms with van der Waals surface area (Å²) in [5, 5.41) is 14.9. The number of anilines is 2. The Balaban J connectivity index is 1.80. The Kier molecular flexibility index (Phi) is 6.66. The summed E-state index contributed by atoms with van der Waals surface area (Å²) >= 11 is 0. The maximum Gasteiger partial charge on any atom is 0.203 e. The molecule has 8 nitrogen and oxygen atoms in total. The third kappa shape index (κ3) is 4.65. The van der Waals surface area contributed by atoms with Crippen LogP contribution in [0.1, 0.15) is 15.9 Å². The molecule has 1 N–H and O–H groups in total. The van der Waals surface area contributed by atoms with Gasteiger partial charge in [0.1, 0.15) is 0 Å². The normalized spacial score (nSPS) is 13.7. The van der Waals surface area contributed by atoms with Crippen LogP contribution in [0.25, 0.3) is 0 Å². The second-order valence-electron chi connectivity index (χ2n) is 6.51. The molecule has 0 amide bonds. The molecule has 29 heavy (non-hydrogen) atoms. The van der Waals surface area contributed by atoms with Gasteiger partial charge in [0, 0.05) is 36.6 Å². The van der Waals surface area contributed by atoms with Gasteiger partial charge in [0.25, 0.3) is 0 Å². The molecule has 2 aromatic rings. The SMILES string of the molecule is COc1cc(CNc2ccc(N3CCOCC3)c(C(=O)[O-])c2)cc(OC)c1OC. The van der Waals surface area contributed by atoms with Crippen LogP contribution in [0.2, 0.25) is 0 Å². The Morgan fingerprint density at radius 2 is 1.72 bits per heavy atom. The van der Waals surface area contributed by atoms with E-state index in [9.17, 15) is 9.90 Å². The molecule has 1 saturated heterocycles. The lowest BCUT2D eigenvalue weighted by atomic mass is 10.1. The van der Waals surface area contributed by atoms with Crippen molar-refractivity contribution in [2.75, 3.05) is 57.8 Å². The van der Waals surface area contributed by atoms with Crippen molar-refractivity contribution in [3.8, 4) is 17.2 Å². The van der Waals surface area contributed by atoms with E-state index in [1.165, 1.54) is 0 Å². The average molecular weight is 401 g/mol. The minimum atomic E-state index is -1.21. The average Bonchev–Trinajstić information content (AvgIpc) is 2.77. The molecule has 0 unspecified atom stereocenters. The van der Waals surface area contributed by atoms with Crippen LogP contribution in [-0.2, 0) is 11.3 Å². The molecule has 0 spiro atoms. The molecule has 1 aliphatic rings. The van der Waals surface area contributed by atoms with E-state index in [1.807, 2.05) is 23.1 Å². The number of carbonyl (C=O) groups is 1. The maximum atomic E-state index is 11.7. The molecule has 8 heteroatoms. The monoisotopic (exact) mass is 401 g/mol. The number of rotatable bonds is 8. The molecule has 0 atom stereocenters. The minimum absolute atomic E-state index is 0.154. The number of aromatic carboxylic acids is 1. The van der Waals surface area contributed by atoms with Crippen LogP contribution in [0.3, 0.4) is 0 Å². The molecular formula is C21H25N2O6-. The fourth-order valence-electron chi connectivity index (χ4n) is 3.33. The molecule has 2 aromatic carbocycles. The van der Waals surface area contributed by atoms with Gasteiger partial charge in [-0.15, -0.1) is 0 Å². The lowest BCUT2D eigenvalue weighted by Crippen LogP contribution is -2.38. The van der Waals surface area contributed by atoms with E-state index in [0.29, 0.717) is 61.5 Å². The van der Waals surface area contributed by atoms with Crippen LogP contribution in [-0.4, -0.2) is 53.6 Å². The van der Waals surface area contributed by atoms with Gasteiger partial charge in [-0.05, 0) is 35.9 Å². The second kappa shape index (κ2) is 9.38. The Hall–Kier alpha value is -3.13. The smallest absolute Gasteiger partial charge is 0.203 e. The predicted molar refractivity (Wildman–Crippen MR) is 107 cm³/mol. The molecular weight excluding hydrogens is 376 g/mol. The van der Waals surface area contributed by atoms with Gasteiger partial charge in [-0.25, -0.2) is 0 Å². The zero-order chi connectivity index (χ0) is 20.8. The van der Waals surface area contributed by atoms with E-state index in [4.69, 9.17) is 18.9 Å². The highest BCUT2D eigenvalue weighted by Crippen LogP contribution is 2.38. The number of nitrogens with zero attached hydrogens (tertiary/aromatic N) is 1. The molecule has 0 bridgehead atoms. The van der Waals surface area contributed by atoms with Crippen molar-refractivity contribution in [2.24, 2.45) is 0 Å². The highest BCUT2D eigenvalue weighted by atomic mass is 16.5. The highest BCUT2D eigenvalue weighted by Gasteiger charge is 2.16. The first kappa shape index (κ1) is 20.6. The first-order chi connectivity index (χ1) is 14.1. The third-order valence-electron chi connectivity index (χ3n) is 4.79. The number of nitrogens with one attached hydrogen (secondary N) is 1. The van der Waals surface area contributed by atoms with E-state index in [2.05, 4.69) is 5.32 Å². The van der Waals surface area contributed by atoms with Crippen molar-refractivity contribution < 1.29 is 28.8 Å². The standard InChI is InChI=1S/C21H26N2O6/c1-26-18-10-14(11-19(27-2)20(18)28-3)13-22-15-4-5-17(16(12-15)21(24)25)23-6-8-29-9-7-23/h4-5,10-12,22H,6-9,13H2,1-3H3,(H,24,25)/p-1. The van der Waals surface area contributed by atoms with Gasteiger partial charge in [-0.2, -0.15) is 0 Å². The van der Waals surface area contributed by atoms with Crippen LogP contribution in [0.15, 0.2) is 30.3 Å². The topological polar surface area (TPSA) is 92.3 Å². The lowest BCUT2D eigenvalue weighted by molar-refractivity contribution is -0.254. The molecule has 1 fully saturated rings. The summed E-state index contributed by atoms with van der Waals surface area (Å²) in [4.78, 5) is 13.7. The van der Waals surface area contributed by atoms with Crippen LogP contribution < -0.4 is 29.5 Å². The molecule has 0 saturated carbocycles. The third-order valence-corrected chi connectivity index (χ3v) is 4.79. The number of hydrogen-bond acceptors (Lipinski definition) is 8. The van der Waals surface area contributed by atoms with Gasteiger partial charge in [0.15, 0.2) is 11.5 Å². The highest BCUT2D eigenvalue weighted by molar-refractivity contribution is 5.94. The van der Waals surface area contributed by atoms with Crippen molar-refractivity contribution in [3.05, 3.63) is 41.5 Å². The van der Waals surface area contributed by atoms with Crippen LogP contribution in [0, 0.1) is 0 Å². The Labute approximate surface area is 169 Å². The van der Waals surface area contributed by atoms with Gasteiger partial charge in [0.2, 0.25) is 5.75 Å². The van der Waals surface area contributed by atoms with Crippen LogP contribution >= 0.6 is 0 Å². The first-order valence-corrected chi connectivity index (χ1v) is 9.28. The zero-order valence-electron chi connectivity index (χ0n) is 16.8. The maximum absolute atomic E-state index is 11.7. The quantitative estimate of drug-likeness (QED) is 0.712. The number of carbonyl (C=O) groups excluding carboxylic acids is 1. The summed E-state index contributed by atoms with van der Waals surface area (Å²) in [6.07, 6.45) is 0. The molecule has 1 heterocycles. The van der Waals surface area contributed by atoms with Gasteiger partial charge in [-0.1, -0.05) is 0 Å². The first-order valence-electron chi connectivity index (χ1n) is 9.28.